The van der Waals surface area contributed by atoms with Gasteiger partial charge in [0.15, 0.2) is 0 Å². The number of hydrogen-bond acceptors (Lipinski definition) is 2. The number of benzene rings is 1. The Balaban J connectivity index is 2.90. The molecule has 0 aliphatic carbocycles. The van der Waals surface area contributed by atoms with Crippen molar-refractivity contribution in [3.05, 3.63) is 28.8 Å². The lowest BCUT2D eigenvalue weighted by Gasteiger charge is -2.15. The van der Waals surface area contributed by atoms with Gasteiger partial charge in [0.25, 0.3) is 5.91 Å². The van der Waals surface area contributed by atoms with E-state index in [4.69, 9.17) is 16.3 Å². The van der Waals surface area contributed by atoms with Crippen LogP contribution in [0.15, 0.2) is 18.2 Å². The molecule has 0 fully saturated rings. The third-order valence-corrected chi connectivity index (χ3v) is 3.44. The number of carbonyl (C=O) groups is 1. The van der Waals surface area contributed by atoms with E-state index in [1.54, 1.807) is 18.2 Å². The predicted molar refractivity (Wildman–Crippen MR) is 73.3 cm³/mol. The van der Waals surface area contributed by atoms with Crippen LogP contribution in [0.25, 0.3) is 0 Å². The number of alkyl halides is 1. The number of halogens is 2. The minimum absolute atomic E-state index is 0.103. The number of hydrogen-bond donors (Lipinski definition) is 1. The minimum atomic E-state index is -0.171. The molecule has 3 nitrogen and oxygen atoms in total. The van der Waals surface area contributed by atoms with E-state index in [1.165, 1.54) is 7.11 Å². The molecule has 0 spiro atoms. The Labute approximate surface area is 115 Å². The molecule has 5 heteroatoms. The zero-order chi connectivity index (χ0) is 12.8. The molecule has 0 heterocycles. The van der Waals surface area contributed by atoms with Crippen molar-refractivity contribution in [3.8, 4) is 5.75 Å². The number of amides is 1. The maximum atomic E-state index is 12.0. The van der Waals surface area contributed by atoms with Gasteiger partial charge in [0.05, 0.1) is 12.7 Å². The number of methoxy groups -OCH3 is 1. The van der Waals surface area contributed by atoms with Crippen molar-refractivity contribution in [2.45, 2.75) is 19.4 Å². The lowest BCUT2D eigenvalue weighted by molar-refractivity contribution is 0.0937. The molecule has 0 saturated heterocycles. The summed E-state index contributed by atoms with van der Waals surface area (Å²) in [7, 11) is 1.53. The van der Waals surface area contributed by atoms with Gasteiger partial charge in [-0.25, -0.2) is 0 Å². The topological polar surface area (TPSA) is 38.3 Å². The Morgan fingerprint density at radius 3 is 2.82 bits per heavy atom. The third-order valence-electron chi connectivity index (χ3n) is 2.42. The highest BCUT2D eigenvalue weighted by atomic mass is 79.9. The van der Waals surface area contributed by atoms with E-state index >= 15 is 0 Å². The molecule has 0 aliphatic rings. The van der Waals surface area contributed by atoms with Gasteiger partial charge in [-0.3, -0.25) is 4.79 Å². The SMILES string of the molecule is CCC(CBr)NC(=O)c1cc(Cl)ccc1OC. The average Bonchev–Trinajstić information content (AvgIpc) is 2.35. The number of nitrogens with one attached hydrogen (secondary N) is 1. The molecule has 0 aliphatic heterocycles. The average molecular weight is 321 g/mol. The van der Waals surface area contributed by atoms with E-state index in [0.717, 1.165) is 11.8 Å². The molecule has 0 aromatic heterocycles. The maximum absolute atomic E-state index is 12.0. The first-order valence-electron chi connectivity index (χ1n) is 5.32. The molecule has 0 saturated carbocycles. The minimum Gasteiger partial charge on any atom is -0.496 e. The van der Waals surface area contributed by atoms with E-state index < -0.39 is 0 Å². The third kappa shape index (κ3) is 3.89. The lowest BCUT2D eigenvalue weighted by Crippen LogP contribution is -2.35. The number of ether oxygens (including phenoxy) is 1. The molecular formula is C12H15BrClNO2. The zero-order valence-corrected chi connectivity index (χ0v) is 12.1. The van der Waals surface area contributed by atoms with Crippen LogP contribution >= 0.6 is 27.5 Å². The first-order chi connectivity index (χ1) is 8.12. The second kappa shape index (κ2) is 6.87. The van der Waals surface area contributed by atoms with Gasteiger partial charge < -0.3 is 10.1 Å². The Morgan fingerprint density at radius 2 is 2.29 bits per heavy atom. The molecule has 1 unspecified atom stereocenters. The van der Waals surface area contributed by atoms with Crippen LogP contribution in [0.4, 0.5) is 0 Å². The molecule has 17 heavy (non-hydrogen) atoms. The van der Waals surface area contributed by atoms with Crippen molar-refractivity contribution in [2.24, 2.45) is 0 Å². The van der Waals surface area contributed by atoms with Gasteiger partial charge in [-0.2, -0.15) is 0 Å². The van der Waals surface area contributed by atoms with Crippen molar-refractivity contribution in [2.75, 3.05) is 12.4 Å². The summed E-state index contributed by atoms with van der Waals surface area (Å²) < 4.78 is 5.14. The predicted octanol–water partition coefficient (Wildman–Crippen LogP) is 3.25. The summed E-state index contributed by atoms with van der Waals surface area (Å²) in [6.07, 6.45) is 0.861. The van der Waals surface area contributed by atoms with Crippen LogP contribution in [0, 0.1) is 0 Å². The molecule has 1 atom stereocenters. The molecule has 1 N–H and O–H groups in total. The van der Waals surface area contributed by atoms with Crippen molar-refractivity contribution in [1.82, 2.24) is 5.32 Å². The van der Waals surface area contributed by atoms with E-state index in [-0.39, 0.29) is 11.9 Å². The van der Waals surface area contributed by atoms with Crippen molar-refractivity contribution in [3.63, 3.8) is 0 Å². The Morgan fingerprint density at radius 1 is 1.59 bits per heavy atom. The summed E-state index contributed by atoms with van der Waals surface area (Å²) in [6.45, 7) is 2.02. The van der Waals surface area contributed by atoms with Crippen LogP contribution in [-0.4, -0.2) is 24.4 Å². The van der Waals surface area contributed by atoms with Crippen LogP contribution in [-0.2, 0) is 0 Å². The molecule has 1 rings (SSSR count). The van der Waals surface area contributed by atoms with Gasteiger partial charge in [-0.1, -0.05) is 34.5 Å². The standard InChI is InChI=1S/C12H15BrClNO2/c1-3-9(7-13)15-12(16)10-6-8(14)4-5-11(10)17-2/h4-6,9H,3,7H2,1-2H3,(H,15,16). The largest absolute Gasteiger partial charge is 0.496 e. The zero-order valence-electron chi connectivity index (χ0n) is 9.80. The first-order valence-corrected chi connectivity index (χ1v) is 6.82. The summed E-state index contributed by atoms with van der Waals surface area (Å²) in [5, 5.41) is 4.15. The number of rotatable bonds is 5. The summed E-state index contributed by atoms with van der Waals surface area (Å²) in [5.41, 5.74) is 0.458. The van der Waals surface area contributed by atoms with Crippen LogP contribution in [0.3, 0.4) is 0 Å². The van der Waals surface area contributed by atoms with Gasteiger partial charge in [-0.15, -0.1) is 0 Å². The maximum Gasteiger partial charge on any atom is 0.255 e. The van der Waals surface area contributed by atoms with Crippen LogP contribution in [0.1, 0.15) is 23.7 Å². The summed E-state index contributed by atoms with van der Waals surface area (Å²) >= 11 is 9.23. The smallest absolute Gasteiger partial charge is 0.255 e. The van der Waals surface area contributed by atoms with E-state index in [0.29, 0.717) is 16.3 Å². The van der Waals surface area contributed by atoms with Gasteiger partial charge >= 0.3 is 0 Å². The first kappa shape index (κ1) is 14.3. The van der Waals surface area contributed by atoms with Gasteiger partial charge in [-0.05, 0) is 24.6 Å². The van der Waals surface area contributed by atoms with Gasteiger partial charge in [0, 0.05) is 16.4 Å². The summed E-state index contributed by atoms with van der Waals surface area (Å²) in [5.74, 6) is 0.354. The van der Waals surface area contributed by atoms with Crippen molar-refractivity contribution in [1.29, 1.82) is 0 Å². The molecule has 1 aromatic rings. The van der Waals surface area contributed by atoms with Gasteiger partial charge in [0.2, 0.25) is 0 Å². The van der Waals surface area contributed by atoms with Crippen molar-refractivity contribution < 1.29 is 9.53 Å². The second-order valence-electron chi connectivity index (χ2n) is 3.58. The normalized spacial score (nSPS) is 12.0. The fourth-order valence-electron chi connectivity index (χ4n) is 1.37. The quantitative estimate of drug-likeness (QED) is 0.846. The monoisotopic (exact) mass is 319 g/mol. The molecule has 94 valence electrons. The molecule has 0 radical (unpaired) electrons. The van der Waals surface area contributed by atoms with E-state index in [9.17, 15) is 4.79 Å². The summed E-state index contributed by atoms with van der Waals surface area (Å²) in [6, 6.07) is 5.09. The van der Waals surface area contributed by atoms with Crippen molar-refractivity contribution >= 4 is 33.4 Å². The number of carbonyl (C=O) groups excluding carboxylic acids is 1. The van der Waals surface area contributed by atoms with Crippen LogP contribution < -0.4 is 10.1 Å². The van der Waals surface area contributed by atoms with Gasteiger partial charge in [0.1, 0.15) is 5.75 Å². The lowest BCUT2D eigenvalue weighted by atomic mass is 10.1. The molecular weight excluding hydrogens is 305 g/mol. The van der Waals surface area contributed by atoms with Crippen LogP contribution in [0.5, 0.6) is 5.75 Å². The fourth-order valence-corrected chi connectivity index (χ4v) is 2.16. The molecule has 0 bridgehead atoms. The Bertz CT molecular complexity index is 394. The molecule has 1 aromatic carbocycles. The van der Waals surface area contributed by atoms with Crippen LogP contribution in [0.2, 0.25) is 5.02 Å². The Kier molecular flexibility index (Phi) is 5.78. The summed E-state index contributed by atoms with van der Waals surface area (Å²) in [4.78, 5) is 12.0. The highest BCUT2D eigenvalue weighted by Gasteiger charge is 2.15. The second-order valence-corrected chi connectivity index (χ2v) is 4.66. The Hall–Kier alpha value is -0.740. The highest BCUT2D eigenvalue weighted by Crippen LogP contribution is 2.22. The van der Waals surface area contributed by atoms with E-state index in [1.807, 2.05) is 6.92 Å². The molecule has 1 amide bonds. The van der Waals surface area contributed by atoms with E-state index in [2.05, 4.69) is 21.2 Å². The highest BCUT2D eigenvalue weighted by molar-refractivity contribution is 9.09. The fraction of sp³-hybridized carbons (Fsp3) is 0.417.